The fourth-order valence-corrected chi connectivity index (χ4v) is 3.87. The Bertz CT molecular complexity index is 1000. The van der Waals surface area contributed by atoms with E-state index in [9.17, 15) is 0 Å². The Kier molecular flexibility index (Phi) is 4.20. The van der Waals surface area contributed by atoms with Gasteiger partial charge in [0.05, 0.1) is 18.4 Å². The minimum Gasteiger partial charge on any atom is -0.494 e. The van der Waals surface area contributed by atoms with Crippen molar-refractivity contribution in [3.63, 3.8) is 0 Å². The maximum Gasteiger partial charge on any atom is 0.213 e. The quantitative estimate of drug-likeness (QED) is 0.666. The summed E-state index contributed by atoms with van der Waals surface area (Å²) in [6, 6.07) is 20.5. The van der Waals surface area contributed by atoms with Crippen LogP contribution in [0.3, 0.4) is 0 Å². The van der Waals surface area contributed by atoms with E-state index >= 15 is 0 Å². The first-order chi connectivity index (χ1) is 13.8. The summed E-state index contributed by atoms with van der Waals surface area (Å²) in [6.07, 6.45) is 4.17. The first-order valence-corrected chi connectivity index (χ1v) is 9.58. The van der Waals surface area contributed by atoms with Crippen LogP contribution in [-0.4, -0.2) is 22.3 Å². The molecule has 5 nitrogen and oxygen atoms in total. The first-order valence-electron chi connectivity index (χ1n) is 9.58. The fraction of sp³-hybridized carbons (Fsp3) is 0.217. The van der Waals surface area contributed by atoms with Gasteiger partial charge in [-0.2, -0.15) is 5.10 Å². The van der Waals surface area contributed by atoms with Gasteiger partial charge in [-0.3, -0.25) is 4.98 Å². The zero-order valence-electron chi connectivity index (χ0n) is 15.7. The maximum absolute atomic E-state index is 6.34. The van der Waals surface area contributed by atoms with Gasteiger partial charge in [0.1, 0.15) is 11.5 Å². The molecule has 140 valence electrons. The highest BCUT2D eigenvalue weighted by Crippen LogP contribution is 2.47. The molecule has 0 bridgehead atoms. The minimum absolute atomic E-state index is 0.157. The normalized spacial score (nSPS) is 20.0. The number of hydrazone groups is 1. The molecule has 0 spiro atoms. The molecule has 0 amide bonds. The Balaban J connectivity index is 1.53. The van der Waals surface area contributed by atoms with Crippen LogP contribution in [0.5, 0.6) is 11.5 Å². The molecule has 3 heterocycles. The Labute approximate surface area is 164 Å². The number of hydrogen-bond donors (Lipinski definition) is 0. The lowest BCUT2D eigenvalue weighted by molar-refractivity contribution is -0.0190. The standard InChI is InChI=1S/C23H21N3O2/c1-2-27-18-9-7-16(8-10-18)20-15-21-19-5-3-4-6-22(19)28-23(26(21)25-20)17-11-13-24-14-12-17/h3-14,21,23H,2,15H2,1H3/t21-,23-/m0/s1. The Morgan fingerprint density at radius 3 is 2.61 bits per heavy atom. The summed E-state index contributed by atoms with van der Waals surface area (Å²) in [6.45, 7) is 2.65. The fourth-order valence-electron chi connectivity index (χ4n) is 3.87. The molecule has 2 aliphatic heterocycles. The largest absolute Gasteiger partial charge is 0.494 e. The van der Waals surface area contributed by atoms with Crippen LogP contribution >= 0.6 is 0 Å². The molecule has 2 atom stereocenters. The van der Waals surface area contributed by atoms with Gasteiger partial charge in [0, 0.05) is 29.9 Å². The summed E-state index contributed by atoms with van der Waals surface area (Å²) in [5.74, 6) is 1.81. The molecule has 0 saturated carbocycles. The predicted molar refractivity (Wildman–Crippen MR) is 107 cm³/mol. The Hall–Kier alpha value is -3.34. The summed E-state index contributed by atoms with van der Waals surface area (Å²) in [4.78, 5) is 4.13. The van der Waals surface area contributed by atoms with Crippen molar-refractivity contribution < 1.29 is 9.47 Å². The number of benzene rings is 2. The van der Waals surface area contributed by atoms with Crippen LogP contribution in [0.1, 0.15) is 42.3 Å². The monoisotopic (exact) mass is 371 g/mol. The number of aromatic nitrogens is 1. The molecule has 28 heavy (non-hydrogen) atoms. The lowest BCUT2D eigenvalue weighted by Gasteiger charge is -2.38. The SMILES string of the molecule is CCOc1ccc(C2=NN3[C@@H](C2)c2ccccc2O[C@H]3c2ccncc2)cc1. The highest BCUT2D eigenvalue weighted by atomic mass is 16.5. The van der Waals surface area contributed by atoms with Crippen LogP contribution in [0, 0.1) is 0 Å². The second kappa shape index (κ2) is 7.00. The van der Waals surface area contributed by atoms with Crippen molar-refractivity contribution in [1.29, 1.82) is 0 Å². The zero-order chi connectivity index (χ0) is 18.9. The molecule has 0 N–H and O–H groups in total. The van der Waals surface area contributed by atoms with Gasteiger partial charge in [0.25, 0.3) is 0 Å². The van der Waals surface area contributed by atoms with Gasteiger partial charge in [-0.05, 0) is 55.0 Å². The maximum atomic E-state index is 6.34. The highest BCUT2D eigenvalue weighted by molar-refractivity contribution is 6.02. The van der Waals surface area contributed by atoms with Crippen molar-refractivity contribution >= 4 is 5.71 Å². The second-order valence-corrected chi connectivity index (χ2v) is 6.89. The van der Waals surface area contributed by atoms with E-state index in [2.05, 4.69) is 34.3 Å². The van der Waals surface area contributed by atoms with E-state index < -0.39 is 0 Å². The Morgan fingerprint density at radius 2 is 1.82 bits per heavy atom. The molecule has 0 radical (unpaired) electrons. The van der Waals surface area contributed by atoms with E-state index in [1.54, 1.807) is 12.4 Å². The summed E-state index contributed by atoms with van der Waals surface area (Å²) < 4.78 is 11.9. The summed E-state index contributed by atoms with van der Waals surface area (Å²) in [5, 5.41) is 7.06. The topological polar surface area (TPSA) is 47.0 Å². The third-order valence-electron chi connectivity index (χ3n) is 5.19. The summed E-state index contributed by atoms with van der Waals surface area (Å²) in [5.41, 5.74) is 4.40. The molecule has 1 aromatic heterocycles. The lowest BCUT2D eigenvalue weighted by Crippen LogP contribution is -2.33. The molecular formula is C23H21N3O2. The number of pyridine rings is 1. The number of hydrogen-bond acceptors (Lipinski definition) is 5. The van der Waals surface area contributed by atoms with Gasteiger partial charge in [-0.1, -0.05) is 18.2 Å². The molecule has 3 aromatic rings. The molecule has 0 aliphatic carbocycles. The molecule has 0 saturated heterocycles. The smallest absolute Gasteiger partial charge is 0.213 e. The highest BCUT2D eigenvalue weighted by Gasteiger charge is 2.40. The average Bonchev–Trinajstić information content (AvgIpc) is 3.20. The van der Waals surface area contributed by atoms with E-state index in [4.69, 9.17) is 14.6 Å². The molecule has 2 aliphatic rings. The lowest BCUT2D eigenvalue weighted by atomic mass is 9.96. The molecule has 0 fully saturated rings. The van der Waals surface area contributed by atoms with Crippen LogP contribution in [0.2, 0.25) is 0 Å². The van der Waals surface area contributed by atoms with E-state index in [0.29, 0.717) is 6.61 Å². The second-order valence-electron chi connectivity index (χ2n) is 6.89. The van der Waals surface area contributed by atoms with Gasteiger partial charge in [0.15, 0.2) is 0 Å². The number of ether oxygens (including phenoxy) is 2. The number of fused-ring (bicyclic) bond motifs is 3. The van der Waals surface area contributed by atoms with Crippen LogP contribution in [0.4, 0.5) is 0 Å². The van der Waals surface area contributed by atoms with Gasteiger partial charge >= 0.3 is 0 Å². The average molecular weight is 371 g/mol. The Morgan fingerprint density at radius 1 is 1.04 bits per heavy atom. The summed E-state index contributed by atoms with van der Waals surface area (Å²) >= 11 is 0. The van der Waals surface area contributed by atoms with Crippen molar-refractivity contribution in [3.05, 3.63) is 89.7 Å². The van der Waals surface area contributed by atoms with Crippen LogP contribution in [0.25, 0.3) is 0 Å². The van der Waals surface area contributed by atoms with Crippen LogP contribution < -0.4 is 9.47 Å². The van der Waals surface area contributed by atoms with Crippen molar-refractivity contribution in [1.82, 2.24) is 9.99 Å². The van der Waals surface area contributed by atoms with Crippen molar-refractivity contribution in [2.45, 2.75) is 25.6 Å². The van der Waals surface area contributed by atoms with Gasteiger partial charge in [0.2, 0.25) is 6.23 Å². The van der Waals surface area contributed by atoms with Crippen molar-refractivity contribution in [3.8, 4) is 11.5 Å². The third-order valence-corrected chi connectivity index (χ3v) is 5.19. The third kappa shape index (κ3) is 2.89. The van der Waals surface area contributed by atoms with Crippen LogP contribution in [-0.2, 0) is 0 Å². The van der Waals surface area contributed by atoms with E-state index in [1.165, 1.54) is 5.56 Å². The number of rotatable bonds is 4. The molecule has 0 unspecified atom stereocenters. The molecule has 5 heteroatoms. The van der Waals surface area contributed by atoms with Crippen molar-refractivity contribution in [2.24, 2.45) is 5.10 Å². The zero-order valence-corrected chi connectivity index (χ0v) is 15.7. The van der Waals surface area contributed by atoms with Crippen molar-refractivity contribution in [2.75, 3.05) is 6.61 Å². The summed E-state index contributed by atoms with van der Waals surface area (Å²) in [7, 11) is 0. The molecule has 2 aromatic carbocycles. The van der Waals surface area contributed by atoms with Gasteiger partial charge < -0.3 is 9.47 Å². The van der Waals surface area contributed by atoms with Gasteiger partial charge in [-0.15, -0.1) is 0 Å². The van der Waals surface area contributed by atoms with Gasteiger partial charge in [-0.25, -0.2) is 5.01 Å². The van der Waals surface area contributed by atoms with E-state index in [0.717, 1.165) is 34.8 Å². The number of nitrogens with zero attached hydrogens (tertiary/aromatic N) is 3. The molecule has 5 rings (SSSR count). The minimum atomic E-state index is -0.261. The predicted octanol–water partition coefficient (Wildman–Crippen LogP) is 4.72. The van der Waals surface area contributed by atoms with E-state index in [-0.39, 0.29) is 12.3 Å². The van der Waals surface area contributed by atoms with E-state index in [1.807, 2.05) is 43.3 Å². The first kappa shape index (κ1) is 16.8. The number of para-hydroxylation sites is 1. The van der Waals surface area contributed by atoms with Crippen LogP contribution in [0.15, 0.2) is 78.2 Å². The molecular weight excluding hydrogens is 350 g/mol.